The molecule has 0 saturated heterocycles. The molecule has 0 radical (unpaired) electrons. The van der Waals surface area contributed by atoms with Crippen LogP contribution in [-0.2, 0) is 5.75 Å². The van der Waals surface area contributed by atoms with Crippen LogP contribution in [-0.4, -0.2) is 26.9 Å². The summed E-state index contributed by atoms with van der Waals surface area (Å²) in [6, 6.07) is 15.9. The summed E-state index contributed by atoms with van der Waals surface area (Å²) in [5.41, 5.74) is 1.76. The Hall–Kier alpha value is -2.88. The summed E-state index contributed by atoms with van der Waals surface area (Å²) in [6.07, 6.45) is 1.70. The molecule has 30 heavy (non-hydrogen) atoms. The Morgan fingerprint density at radius 2 is 1.80 bits per heavy atom. The minimum Gasteiger partial charge on any atom is -0.495 e. The first-order valence-electron chi connectivity index (χ1n) is 9.07. The first kappa shape index (κ1) is 19.1. The van der Waals surface area contributed by atoms with Gasteiger partial charge in [0.25, 0.3) is 0 Å². The maximum absolute atomic E-state index is 5.64. The monoisotopic (exact) mass is 452 g/mol. The van der Waals surface area contributed by atoms with Gasteiger partial charge in [-0.15, -0.1) is 32.9 Å². The molecule has 1 aromatic carbocycles. The van der Waals surface area contributed by atoms with Crippen LogP contribution in [0.5, 0.6) is 5.75 Å². The molecule has 6 nitrogen and oxygen atoms in total. The maximum atomic E-state index is 5.64. The number of benzene rings is 1. The van der Waals surface area contributed by atoms with Gasteiger partial charge in [0, 0.05) is 5.75 Å². The van der Waals surface area contributed by atoms with Gasteiger partial charge in [-0.2, -0.15) is 0 Å². The number of ether oxygens (including phenoxy) is 1. The Labute approximate surface area is 185 Å². The summed E-state index contributed by atoms with van der Waals surface area (Å²) in [5, 5.41) is 13.7. The third kappa shape index (κ3) is 3.67. The summed E-state index contributed by atoms with van der Waals surface area (Å²) >= 11 is 4.80. The van der Waals surface area contributed by atoms with Crippen LogP contribution >= 0.6 is 34.4 Å². The lowest BCUT2D eigenvalue weighted by Crippen LogP contribution is -2.01. The van der Waals surface area contributed by atoms with Crippen LogP contribution < -0.4 is 4.74 Å². The fourth-order valence-electron chi connectivity index (χ4n) is 2.99. The van der Waals surface area contributed by atoms with Crippen molar-refractivity contribution in [3.05, 3.63) is 71.2 Å². The van der Waals surface area contributed by atoms with E-state index in [1.165, 1.54) is 0 Å². The predicted molar refractivity (Wildman–Crippen MR) is 121 cm³/mol. The number of oxazole rings is 1. The molecule has 0 spiro atoms. The fraction of sp³-hybridized carbons (Fsp3) is 0.0952. The van der Waals surface area contributed by atoms with Crippen molar-refractivity contribution in [2.75, 3.05) is 7.11 Å². The molecule has 0 amide bonds. The van der Waals surface area contributed by atoms with Gasteiger partial charge < -0.3 is 9.15 Å². The number of hydrogen-bond donors (Lipinski definition) is 0. The van der Waals surface area contributed by atoms with Crippen molar-refractivity contribution in [3.63, 3.8) is 0 Å². The molecule has 0 aliphatic rings. The van der Waals surface area contributed by atoms with Gasteiger partial charge in [0.1, 0.15) is 12.0 Å². The fourth-order valence-corrected chi connectivity index (χ4v) is 5.16. The summed E-state index contributed by atoms with van der Waals surface area (Å²) < 4.78 is 13.3. The molecule has 0 atom stereocenters. The van der Waals surface area contributed by atoms with Crippen LogP contribution in [0.15, 0.2) is 75.1 Å². The van der Waals surface area contributed by atoms with Crippen LogP contribution in [0.1, 0.15) is 5.69 Å². The number of rotatable bonds is 7. The topological polar surface area (TPSA) is 66.0 Å². The van der Waals surface area contributed by atoms with Crippen LogP contribution in [0, 0.1) is 0 Å². The second kappa shape index (κ2) is 8.47. The van der Waals surface area contributed by atoms with E-state index in [0.717, 1.165) is 37.9 Å². The lowest BCUT2D eigenvalue weighted by molar-refractivity contribution is 0.412. The zero-order chi connectivity index (χ0) is 20.3. The average molecular weight is 453 g/mol. The number of thioether (sulfide) groups is 1. The predicted octanol–water partition coefficient (Wildman–Crippen LogP) is 6.01. The Morgan fingerprint density at radius 1 is 1.00 bits per heavy atom. The highest BCUT2D eigenvalue weighted by Gasteiger charge is 2.20. The van der Waals surface area contributed by atoms with Gasteiger partial charge in [-0.25, -0.2) is 4.98 Å². The molecule has 0 unspecified atom stereocenters. The van der Waals surface area contributed by atoms with Crippen molar-refractivity contribution in [1.29, 1.82) is 0 Å². The summed E-state index contributed by atoms with van der Waals surface area (Å²) in [5.74, 6) is 2.81. The van der Waals surface area contributed by atoms with Crippen LogP contribution in [0.4, 0.5) is 0 Å². The molecule has 0 bridgehead atoms. The van der Waals surface area contributed by atoms with Crippen molar-refractivity contribution >= 4 is 34.4 Å². The van der Waals surface area contributed by atoms with Crippen molar-refractivity contribution in [2.45, 2.75) is 10.9 Å². The van der Waals surface area contributed by atoms with Gasteiger partial charge in [0.05, 0.1) is 28.2 Å². The normalized spacial score (nSPS) is 11.1. The summed E-state index contributed by atoms with van der Waals surface area (Å²) in [7, 11) is 1.67. The Bertz CT molecular complexity index is 1240. The number of hydrogen-bond acceptors (Lipinski definition) is 8. The maximum Gasteiger partial charge on any atom is 0.236 e. The van der Waals surface area contributed by atoms with Gasteiger partial charge in [0.2, 0.25) is 5.89 Å². The molecular formula is C21H16N4O2S3. The third-order valence-electron chi connectivity index (χ3n) is 4.33. The minimum atomic E-state index is 0.618. The average Bonchev–Trinajstić information content (AvgIpc) is 3.57. The van der Waals surface area contributed by atoms with Gasteiger partial charge in [0.15, 0.2) is 11.0 Å². The Morgan fingerprint density at radius 3 is 2.57 bits per heavy atom. The van der Waals surface area contributed by atoms with Crippen molar-refractivity contribution < 1.29 is 9.15 Å². The largest absolute Gasteiger partial charge is 0.495 e. The lowest BCUT2D eigenvalue weighted by atomic mass is 10.3. The van der Waals surface area contributed by atoms with E-state index in [4.69, 9.17) is 9.15 Å². The number of para-hydroxylation sites is 2. The molecule has 9 heteroatoms. The quantitative estimate of drug-likeness (QED) is 0.282. The minimum absolute atomic E-state index is 0.618. The second-order valence-electron chi connectivity index (χ2n) is 6.20. The van der Waals surface area contributed by atoms with E-state index in [0.29, 0.717) is 11.6 Å². The van der Waals surface area contributed by atoms with E-state index in [2.05, 4.69) is 15.2 Å². The molecule has 0 aliphatic carbocycles. The Kier molecular flexibility index (Phi) is 5.39. The SMILES string of the molecule is COc1ccccc1-n1c(SCc2coc(-c3cccs3)n2)nnc1-c1cccs1. The van der Waals surface area contributed by atoms with Crippen molar-refractivity contribution in [3.8, 4) is 32.9 Å². The zero-order valence-corrected chi connectivity index (χ0v) is 18.3. The molecule has 4 aromatic heterocycles. The molecule has 0 fully saturated rings. The van der Waals surface area contributed by atoms with Gasteiger partial charge >= 0.3 is 0 Å². The van der Waals surface area contributed by atoms with Crippen LogP contribution in [0.2, 0.25) is 0 Å². The van der Waals surface area contributed by atoms with Crippen LogP contribution in [0.3, 0.4) is 0 Å². The molecule has 5 aromatic rings. The summed E-state index contributed by atoms with van der Waals surface area (Å²) in [6.45, 7) is 0. The highest BCUT2D eigenvalue weighted by atomic mass is 32.2. The number of nitrogens with zero attached hydrogens (tertiary/aromatic N) is 4. The first-order chi connectivity index (χ1) is 14.8. The first-order valence-corrected chi connectivity index (χ1v) is 11.8. The smallest absolute Gasteiger partial charge is 0.236 e. The lowest BCUT2D eigenvalue weighted by Gasteiger charge is -2.13. The van der Waals surface area contributed by atoms with Crippen molar-refractivity contribution in [1.82, 2.24) is 19.7 Å². The van der Waals surface area contributed by atoms with E-state index < -0.39 is 0 Å². The Balaban J connectivity index is 1.48. The zero-order valence-electron chi connectivity index (χ0n) is 15.9. The molecule has 0 saturated carbocycles. The van der Waals surface area contributed by atoms with Gasteiger partial charge in [-0.1, -0.05) is 36.0 Å². The van der Waals surface area contributed by atoms with Crippen LogP contribution in [0.25, 0.3) is 27.2 Å². The molecule has 0 aliphatic heterocycles. The summed E-state index contributed by atoms with van der Waals surface area (Å²) in [4.78, 5) is 6.66. The van der Waals surface area contributed by atoms with Crippen molar-refractivity contribution in [2.24, 2.45) is 0 Å². The van der Waals surface area contributed by atoms with E-state index in [9.17, 15) is 0 Å². The van der Waals surface area contributed by atoms with E-state index in [1.54, 1.807) is 47.8 Å². The van der Waals surface area contributed by atoms with Gasteiger partial charge in [-0.3, -0.25) is 4.57 Å². The number of aromatic nitrogens is 4. The highest BCUT2D eigenvalue weighted by molar-refractivity contribution is 7.98. The number of thiophene rings is 2. The molecule has 4 heterocycles. The standard InChI is InChI=1S/C21H16N4O2S3/c1-26-16-7-3-2-6-15(16)25-19(17-8-4-10-28-17)23-24-21(25)30-13-14-12-27-20(22-14)18-9-5-11-29-18/h2-12H,13H2,1H3. The van der Waals surface area contributed by atoms with E-state index in [1.807, 2.05) is 63.9 Å². The van der Waals surface area contributed by atoms with E-state index >= 15 is 0 Å². The van der Waals surface area contributed by atoms with Gasteiger partial charge in [-0.05, 0) is 35.0 Å². The number of methoxy groups -OCH3 is 1. The highest BCUT2D eigenvalue weighted by Crippen LogP contribution is 2.35. The molecule has 0 N–H and O–H groups in total. The molecular weight excluding hydrogens is 436 g/mol. The molecule has 5 rings (SSSR count). The third-order valence-corrected chi connectivity index (χ3v) is 7.02. The van der Waals surface area contributed by atoms with E-state index in [-0.39, 0.29) is 0 Å². The second-order valence-corrected chi connectivity index (χ2v) is 9.04. The molecule has 150 valence electrons.